The van der Waals surface area contributed by atoms with E-state index in [0.717, 1.165) is 24.8 Å². The van der Waals surface area contributed by atoms with E-state index in [0.29, 0.717) is 25.1 Å². The topological polar surface area (TPSA) is 103 Å². The standard InChI is InChI=1S/C23H24FN3O5S/c24-19-9-7-18(8-10-19)23-25-21(32-26-23)16-31-22(28)13-6-17-4-11-20(12-5-17)33(29,30)27-14-2-1-3-15-27/h4-5,7-12H,1-3,6,13-16H2. The Bertz CT molecular complexity index is 1190. The first-order chi connectivity index (χ1) is 15.9. The number of halogens is 1. The highest BCUT2D eigenvalue weighted by atomic mass is 32.2. The Hall–Kier alpha value is -3.11. The summed E-state index contributed by atoms with van der Waals surface area (Å²) in [7, 11) is -3.47. The Balaban J connectivity index is 1.26. The predicted octanol–water partition coefficient (Wildman–Crippen LogP) is 3.73. The van der Waals surface area contributed by atoms with Crippen LogP contribution in [-0.2, 0) is 32.6 Å². The summed E-state index contributed by atoms with van der Waals surface area (Å²) in [5, 5.41) is 3.80. The Morgan fingerprint density at radius 3 is 2.42 bits per heavy atom. The maximum atomic E-state index is 13.0. The zero-order valence-electron chi connectivity index (χ0n) is 17.9. The van der Waals surface area contributed by atoms with Gasteiger partial charge in [0.15, 0.2) is 6.61 Å². The van der Waals surface area contributed by atoms with Crippen LogP contribution in [0.1, 0.15) is 37.1 Å². The number of rotatable bonds is 8. The summed E-state index contributed by atoms with van der Waals surface area (Å²) in [6, 6.07) is 12.2. The van der Waals surface area contributed by atoms with Gasteiger partial charge in [0.05, 0.1) is 4.90 Å². The van der Waals surface area contributed by atoms with Crippen molar-refractivity contribution >= 4 is 16.0 Å². The molecule has 174 valence electrons. The van der Waals surface area contributed by atoms with Crippen molar-refractivity contribution in [1.29, 1.82) is 0 Å². The van der Waals surface area contributed by atoms with E-state index in [1.54, 1.807) is 24.3 Å². The molecular formula is C23H24FN3O5S. The Kier molecular flexibility index (Phi) is 7.14. The van der Waals surface area contributed by atoms with Crippen LogP contribution < -0.4 is 0 Å². The van der Waals surface area contributed by atoms with Gasteiger partial charge in [-0.2, -0.15) is 9.29 Å². The molecule has 2 aromatic carbocycles. The van der Waals surface area contributed by atoms with Crippen molar-refractivity contribution in [3.8, 4) is 11.4 Å². The maximum Gasteiger partial charge on any atom is 0.306 e. The van der Waals surface area contributed by atoms with Crippen molar-refractivity contribution in [3.05, 3.63) is 65.8 Å². The van der Waals surface area contributed by atoms with Crippen molar-refractivity contribution < 1.29 is 26.9 Å². The number of hydrogen-bond acceptors (Lipinski definition) is 7. The largest absolute Gasteiger partial charge is 0.456 e. The number of piperidine rings is 1. The summed E-state index contributed by atoms with van der Waals surface area (Å²) in [6.45, 7) is 0.947. The molecule has 1 aliphatic heterocycles. The molecule has 1 aromatic heterocycles. The van der Waals surface area contributed by atoms with Crippen molar-refractivity contribution in [2.45, 2.75) is 43.6 Å². The molecule has 0 saturated carbocycles. The SMILES string of the molecule is O=C(CCc1ccc(S(=O)(=O)N2CCCCC2)cc1)OCc1nc(-c2ccc(F)cc2)no1. The smallest absolute Gasteiger partial charge is 0.306 e. The average molecular weight is 474 g/mol. The molecule has 0 radical (unpaired) electrons. The van der Waals surface area contributed by atoms with Gasteiger partial charge in [0.25, 0.3) is 5.89 Å². The summed E-state index contributed by atoms with van der Waals surface area (Å²) in [5.41, 5.74) is 1.42. The Morgan fingerprint density at radius 1 is 1.03 bits per heavy atom. The van der Waals surface area contributed by atoms with E-state index in [2.05, 4.69) is 10.1 Å². The first-order valence-corrected chi connectivity index (χ1v) is 12.2. The van der Waals surface area contributed by atoms with Gasteiger partial charge in [0.2, 0.25) is 15.8 Å². The van der Waals surface area contributed by atoms with Crippen molar-refractivity contribution in [2.75, 3.05) is 13.1 Å². The zero-order valence-corrected chi connectivity index (χ0v) is 18.8. The van der Waals surface area contributed by atoms with Gasteiger partial charge in [0, 0.05) is 25.1 Å². The zero-order chi connectivity index (χ0) is 23.3. The highest BCUT2D eigenvalue weighted by Gasteiger charge is 2.25. The normalized spacial score (nSPS) is 14.8. The van der Waals surface area contributed by atoms with E-state index in [1.165, 1.54) is 28.6 Å². The molecule has 2 heterocycles. The van der Waals surface area contributed by atoms with Crippen LogP contribution in [0, 0.1) is 5.82 Å². The third kappa shape index (κ3) is 5.82. The Morgan fingerprint density at radius 2 is 1.73 bits per heavy atom. The van der Waals surface area contributed by atoms with E-state index in [-0.39, 0.29) is 35.5 Å². The molecule has 1 saturated heterocycles. The van der Waals surface area contributed by atoms with Crippen molar-refractivity contribution in [3.63, 3.8) is 0 Å². The van der Waals surface area contributed by atoms with Gasteiger partial charge < -0.3 is 9.26 Å². The molecule has 0 bridgehead atoms. The van der Waals surface area contributed by atoms with Gasteiger partial charge in [-0.3, -0.25) is 4.79 Å². The lowest BCUT2D eigenvalue weighted by atomic mass is 10.1. The second-order valence-corrected chi connectivity index (χ2v) is 9.73. The minimum absolute atomic E-state index is 0.122. The molecule has 0 aliphatic carbocycles. The van der Waals surface area contributed by atoms with Gasteiger partial charge in [-0.15, -0.1) is 0 Å². The van der Waals surface area contributed by atoms with Gasteiger partial charge >= 0.3 is 5.97 Å². The first-order valence-electron chi connectivity index (χ1n) is 10.7. The summed E-state index contributed by atoms with van der Waals surface area (Å²) >= 11 is 0. The van der Waals surface area contributed by atoms with Crippen LogP contribution in [-0.4, -0.2) is 41.9 Å². The lowest BCUT2D eigenvalue weighted by molar-refractivity contribution is -0.145. The third-order valence-corrected chi connectivity index (χ3v) is 7.33. The molecule has 0 unspecified atom stereocenters. The van der Waals surface area contributed by atoms with Crippen LogP contribution in [0.5, 0.6) is 0 Å². The van der Waals surface area contributed by atoms with Gasteiger partial charge in [-0.25, -0.2) is 12.8 Å². The molecule has 10 heteroatoms. The van der Waals surface area contributed by atoms with E-state index >= 15 is 0 Å². The lowest BCUT2D eigenvalue weighted by Gasteiger charge is -2.25. The molecule has 0 atom stereocenters. The fourth-order valence-electron chi connectivity index (χ4n) is 3.57. The Labute approximate surface area is 191 Å². The van der Waals surface area contributed by atoms with Crippen LogP contribution >= 0.6 is 0 Å². The number of benzene rings is 2. The number of nitrogens with zero attached hydrogens (tertiary/aromatic N) is 3. The minimum atomic E-state index is -3.47. The highest BCUT2D eigenvalue weighted by Crippen LogP contribution is 2.21. The number of aromatic nitrogens is 2. The molecule has 0 N–H and O–H groups in total. The molecule has 4 rings (SSSR count). The number of carbonyl (C=O) groups is 1. The number of esters is 1. The fraction of sp³-hybridized carbons (Fsp3) is 0.348. The monoisotopic (exact) mass is 473 g/mol. The van der Waals surface area contributed by atoms with E-state index in [9.17, 15) is 17.6 Å². The lowest BCUT2D eigenvalue weighted by Crippen LogP contribution is -2.35. The van der Waals surface area contributed by atoms with Gasteiger partial charge in [-0.05, 0) is 61.2 Å². The third-order valence-electron chi connectivity index (χ3n) is 5.42. The molecule has 1 aliphatic rings. The van der Waals surface area contributed by atoms with Crippen LogP contribution in [0.25, 0.3) is 11.4 Å². The number of aryl methyl sites for hydroxylation is 1. The summed E-state index contributed by atoms with van der Waals surface area (Å²) < 4.78 is 50.2. The van der Waals surface area contributed by atoms with Gasteiger partial charge in [0.1, 0.15) is 5.82 Å². The molecule has 0 spiro atoms. The molecule has 33 heavy (non-hydrogen) atoms. The van der Waals surface area contributed by atoms with Crippen molar-refractivity contribution in [2.24, 2.45) is 0 Å². The number of carbonyl (C=O) groups excluding carboxylic acids is 1. The van der Waals surface area contributed by atoms with Crippen LogP contribution in [0.3, 0.4) is 0 Å². The van der Waals surface area contributed by atoms with Crippen molar-refractivity contribution in [1.82, 2.24) is 14.4 Å². The van der Waals surface area contributed by atoms with Crippen LogP contribution in [0.2, 0.25) is 0 Å². The first kappa shape index (κ1) is 23.1. The molecule has 0 amide bonds. The highest BCUT2D eigenvalue weighted by molar-refractivity contribution is 7.89. The summed E-state index contributed by atoms with van der Waals surface area (Å²) in [6.07, 6.45) is 3.36. The molecule has 1 fully saturated rings. The van der Waals surface area contributed by atoms with E-state index in [1.807, 2.05) is 0 Å². The van der Waals surface area contributed by atoms with E-state index in [4.69, 9.17) is 9.26 Å². The maximum absolute atomic E-state index is 13.0. The van der Waals surface area contributed by atoms with Crippen LogP contribution in [0.4, 0.5) is 4.39 Å². The number of hydrogen-bond donors (Lipinski definition) is 0. The second kappa shape index (κ2) is 10.2. The second-order valence-electron chi connectivity index (χ2n) is 7.79. The molecule has 8 nitrogen and oxygen atoms in total. The quantitative estimate of drug-likeness (QED) is 0.459. The predicted molar refractivity (Wildman–Crippen MR) is 117 cm³/mol. The fourth-order valence-corrected chi connectivity index (χ4v) is 5.09. The molecule has 3 aromatic rings. The average Bonchev–Trinajstić information content (AvgIpc) is 3.32. The molecular weight excluding hydrogens is 449 g/mol. The number of sulfonamides is 1. The van der Waals surface area contributed by atoms with E-state index < -0.39 is 16.0 Å². The van der Waals surface area contributed by atoms with Gasteiger partial charge in [-0.1, -0.05) is 23.7 Å². The summed E-state index contributed by atoms with van der Waals surface area (Å²) in [4.78, 5) is 16.5. The van der Waals surface area contributed by atoms with Crippen LogP contribution in [0.15, 0.2) is 57.9 Å². The summed E-state index contributed by atoms with van der Waals surface area (Å²) in [5.74, 6) is -0.396. The number of ether oxygens (including phenoxy) is 1. The minimum Gasteiger partial charge on any atom is -0.456 e.